The van der Waals surface area contributed by atoms with Gasteiger partial charge in [-0.05, 0) is 58.8 Å². The van der Waals surface area contributed by atoms with Crippen molar-refractivity contribution in [3.05, 3.63) is 53.4 Å². The lowest BCUT2D eigenvalue weighted by molar-refractivity contribution is 0.491. The Labute approximate surface area is 135 Å². The molecule has 0 atom stereocenters. The highest BCUT2D eigenvalue weighted by Gasteiger charge is 2.09. The highest BCUT2D eigenvalue weighted by Crippen LogP contribution is 2.39. The van der Waals surface area contributed by atoms with Crippen molar-refractivity contribution in [3.8, 4) is 5.06 Å². The van der Waals surface area contributed by atoms with Gasteiger partial charge in [-0.25, -0.2) is 0 Å². The topological polar surface area (TPSA) is 20.2 Å². The van der Waals surface area contributed by atoms with Gasteiger partial charge in [0.05, 0.1) is 0 Å². The largest absolute Gasteiger partial charge is 0.499 e. The van der Waals surface area contributed by atoms with E-state index in [0.717, 1.165) is 10.1 Å². The monoisotopic (exact) mass is 320 g/mol. The first-order chi connectivity index (χ1) is 10.7. The summed E-state index contributed by atoms with van der Waals surface area (Å²) in [6.07, 6.45) is 0. The van der Waals surface area contributed by atoms with Crippen LogP contribution in [-0.4, -0.2) is 5.11 Å². The van der Waals surface area contributed by atoms with Gasteiger partial charge < -0.3 is 5.11 Å². The number of fused-ring (bicyclic) bond motifs is 6. The second-order valence-electron chi connectivity index (χ2n) is 5.69. The molecule has 3 heteroatoms. The van der Waals surface area contributed by atoms with Crippen LogP contribution in [0.1, 0.15) is 4.88 Å². The molecule has 0 unspecified atom stereocenters. The Morgan fingerprint density at radius 1 is 0.682 bits per heavy atom. The third kappa shape index (κ3) is 1.64. The van der Waals surface area contributed by atoms with Crippen molar-refractivity contribution in [2.24, 2.45) is 0 Å². The van der Waals surface area contributed by atoms with E-state index < -0.39 is 0 Å². The van der Waals surface area contributed by atoms with E-state index in [1.165, 1.54) is 47.8 Å². The smallest absolute Gasteiger partial charge is 0.172 e. The number of aromatic hydroxyl groups is 1. The van der Waals surface area contributed by atoms with Gasteiger partial charge in [0.2, 0.25) is 0 Å². The molecule has 1 N–H and O–H groups in total. The molecule has 0 aliphatic heterocycles. The van der Waals surface area contributed by atoms with Gasteiger partial charge in [0.1, 0.15) is 0 Å². The van der Waals surface area contributed by atoms with Gasteiger partial charge in [0, 0.05) is 31.1 Å². The minimum Gasteiger partial charge on any atom is -0.499 e. The second kappa shape index (κ2) is 4.22. The van der Waals surface area contributed by atoms with E-state index in [1.807, 2.05) is 17.4 Å². The number of benzene rings is 3. The van der Waals surface area contributed by atoms with Crippen LogP contribution in [-0.2, 0) is 0 Å². The van der Waals surface area contributed by atoms with Crippen LogP contribution in [0, 0.1) is 6.92 Å². The third-order valence-corrected chi connectivity index (χ3v) is 6.18. The molecule has 0 aliphatic carbocycles. The maximum atomic E-state index is 9.79. The SMILES string of the molecule is Cc1cc2c(ccc3cc4c(ccc5sc(O)cc54)cc32)s1. The Balaban J connectivity index is 2.00. The lowest BCUT2D eigenvalue weighted by Gasteiger charge is -2.05. The number of hydrogen-bond donors (Lipinski definition) is 1. The first kappa shape index (κ1) is 12.4. The summed E-state index contributed by atoms with van der Waals surface area (Å²) in [6, 6.07) is 17.4. The predicted molar refractivity (Wildman–Crippen MR) is 98.6 cm³/mol. The summed E-state index contributed by atoms with van der Waals surface area (Å²) in [5.41, 5.74) is 0. The van der Waals surface area contributed by atoms with Gasteiger partial charge in [-0.1, -0.05) is 23.5 Å². The van der Waals surface area contributed by atoms with E-state index in [4.69, 9.17) is 0 Å². The van der Waals surface area contributed by atoms with Crippen LogP contribution in [0.25, 0.3) is 41.7 Å². The van der Waals surface area contributed by atoms with E-state index in [2.05, 4.69) is 49.4 Å². The maximum Gasteiger partial charge on any atom is 0.172 e. The van der Waals surface area contributed by atoms with E-state index in [9.17, 15) is 5.11 Å². The molecule has 0 amide bonds. The van der Waals surface area contributed by atoms with Crippen LogP contribution in [0.3, 0.4) is 0 Å². The van der Waals surface area contributed by atoms with E-state index in [0.29, 0.717) is 5.06 Å². The minimum atomic E-state index is 0.381. The van der Waals surface area contributed by atoms with Crippen LogP contribution in [0.2, 0.25) is 0 Å². The van der Waals surface area contributed by atoms with E-state index >= 15 is 0 Å². The van der Waals surface area contributed by atoms with Gasteiger partial charge in [-0.2, -0.15) is 0 Å². The quantitative estimate of drug-likeness (QED) is 0.326. The lowest BCUT2D eigenvalue weighted by Crippen LogP contribution is -1.78. The normalized spacial score (nSPS) is 12.0. The van der Waals surface area contributed by atoms with Gasteiger partial charge in [0.25, 0.3) is 0 Å². The molecule has 5 rings (SSSR count). The number of rotatable bonds is 0. The van der Waals surface area contributed by atoms with E-state index in [-0.39, 0.29) is 0 Å². The Morgan fingerprint density at radius 2 is 1.27 bits per heavy atom. The molecular weight excluding hydrogens is 308 g/mol. The van der Waals surface area contributed by atoms with E-state index in [1.54, 1.807) is 0 Å². The van der Waals surface area contributed by atoms with Crippen molar-refractivity contribution < 1.29 is 5.11 Å². The zero-order chi connectivity index (χ0) is 14.8. The molecule has 0 bridgehead atoms. The fourth-order valence-electron chi connectivity index (χ4n) is 3.30. The van der Waals surface area contributed by atoms with Crippen LogP contribution in [0.5, 0.6) is 5.06 Å². The molecule has 0 aliphatic rings. The Kier molecular flexibility index (Phi) is 2.38. The van der Waals surface area contributed by atoms with Crippen LogP contribution < -0.4 is 0 Å². The Bertz CT molecular complexity index is 1100. The van der Waals surface area contributed by atoms with Crippen LogP contribution in [0.15, 0.2) is 48.5 Å². The summed E-state index contributed by atoms with van der Waals surface area (Å²) in [5.74, 6) is 0. The first-order valence-corrected chi connectivity index (χ1v) is 8.80. The molecule has 5 aromatic rings. The van der Waals surface area contributed by atoms with Gasteiger partial charge in [-0.3, -0.25) is 0 Å². The Morgan fingerprint density at radius 3 is 1.95 bits per heavy atom. The summed E-state index contributed by atoms with van der Waals surface area (Å²) in [4.78, 5) is 1.35. The molecule has 0 saturated carbocycles. The van der Waals surface area contributed by atoms with Crippen molar-refractivity contribution in [2.75, 3.05) is 0 Å². The molecule has 0 radical (unpaired) electrons. The number of hydrogen-bond acceptors (Lipinski definition) is 3. The zero-order valence-electron chi connectivity index (χ0n) is 11.9. The van der Waals surface area contributed by atoms with Crippen molar-refractivity contribution in [2.45, 2.75) is 6.92 Å². The minimum absolute atomic E-state index is 0.381. The second-order valence-corrected chi connectivity index (χ2v) is 8.04. The highest BCUT2D eigenvalue weighted by atomic mass is 32.1. The molecule has 3 aromatic carbocycles. The van der Waals surface area contributed by atoms with Crippen molar-refractivity contribution in [3.63, 3.8) is 0 Å². The molecule has 2 aromatic heterocycles. The summed E-state index contributed by atoms with van der Waals surface area (Å²) < 4.78 is 2.48. The summed E-state index contributed by atoms with van der Waals surface area (Å²) >= 11 is 3.28. The standard InChI is InChI=1S/C19H12OS2/c1-10-6-15-13-7-12-3-5-18-16(9-19(20)22-18)14(12)8-11(13)2-4-17(15)21-10/h2-9,20H,1H3. The zero-order valence-corrected chi connectivity index (χ0v) is 13.5. The maximum absolute atomic E-state index is 9.79. The molecule has 22 heavy (non-hydrogen) atoms. The van der Waals surface area contributed by atoms with Crippen molar-refractivity contribution in [1.29, 1.82) is 0 Å². The number of thiophene rings is 2. The fraction of sp³-hybridized carbons (Fsp3) is 0.0526. The molecular formula is C19H12OS2. The Hall–Kier alpha value is -2.10. The van der Waals surface area contributed by atoms with Crippen LogP contribution >= 0.6 is 22.7 Å². The summed E-state index contributed by atoms with van der Waals surface area (Å²) in [7, 11) is 0. The molecule has 1 nitrogen and oxygen atoms in total. The van der Waals surface area contributed by atoms with Crippen LogP contribution in [0.4, 0.5) is 0 Å². The molecule has 106 valence electrons. The molecule has 2 heterocycles. The van der Waals surface area contributed by atoms with Gasteiger partial charge in [0.15, 0.2) is 5.06 Å². The summed E-state index contributed by atoms with van der Waals surface area (Å²) in [5, 5.41) is 17.7. The first-order valence-electron chi connectivity index (χ1n) is 7.17. The number of aryl methyl sites for hydroxylation is 1. The van der Waals surface area contributed by atoms with Crippen molar-refractivity contribution >= 4 is 64.4 Å². The molecule has 0 fully saturated rings. The molecule has 0 saturated heterocycles. The van der Waals surface area contributed by atoms with Crippen molar-refractivity contribution in [1.82, 2.24) is 0 Å². The predicted octanol–water partition coefficient (Wildman–Crippen LogP) is 6.44. The highest BCUT2D eigenvalue weighted by molar-refractivity contribution is 7.20. The van der Waals surface area contributed by atoms with Gasteiger partial charge >= 0.3 is 0 Å². The summed E-state index contributed by atoms with van der Waals surface area (Å²) in [6.45, 7) is 2.16. The average molecular weight is 320 g/mol. The molecule has 0 spiro atoms. The third-order valence-electron chi connectivity index (χ3n) is 4.26. The average Bonchev–Trinajstić information content (AvgIpc) is 3.06. The lowest BCUT2D eigenvalue weighted by atomic mass is 9.99. The fourth-order valence-corrected chi connectivity index (χ4v) is 5.05. The van der Waals surface area contributed by atoms with Gasteiger partial charge in [-0.15, -0.1) is 11.3 Å².